The molecular formula is C5H4N6OS. The van der Waals surface area contributed by atoms with Crippen molar-refractivity contribution in [3.8, 4) is 0 Å². The Morgan fingerprint density at radius 2 is 2.62 bits per heavy atom. The van der Waals surface area contributed by atoms with Gasteiger partial charge in [-0.1, -0.05) is 4.49 Å². The highest BCUT2D eigenvalue weighted by Crippen LogP contribution is 1.92. The van der Waals surface area contributed by atoms with Crippen LogP contribution in [0.3, 0.4) is 0 Å². The molecule has 2 aromatic heterocycles. The molecule has 0 aliphatic heterocycles. The number of hydrogen-bond donors (Lipinski definition) is 1. The summed E-state index contributed by atoms with van der Waals surface area (Å²) in [5, 5.41) is 14.9. The Morgan fingerprint density at radius 3 is 3.23 bits per heavy atom. The average Bonchev–Trinajstić information content (AvgIpc) is 2.72. The van der Waals surface area contributed by atoms with Crippen molar-refractivity contribution in [2.75, 3.05) is 0 Å². The number of hydrogen-bond acceptors (Lipinski definition) is 6. The molecule has 0 aromatic carbocycles. The van der Waals surface area contributed by atoms with E-state index in [1.165, 1.54) is 24.1 Å². The summed E-state index contributed by atoms with van der Waals surface area (Å²) in [7, 11) is 0. The lowest BCUT2D eigenvalue weighted by molar-refractivity contribution is 0.833. The summed E-state index contributed by atoms with van der Waals surface area (Å²) in [4.78, 5) is 10.9. The predicted octanol–water partition coefficient (Wildman–Crippen LogP) is -0.695. The highest BCUT2D eigenvalue weighted by Gasteiger charge is 1.93. The summed E-state index contributed by atoms with van der Waals surface area (Å²) < 4.78 is 4.70. The van der Waals surface area contributed by atoms with Crippen LogP contribution in [0.5, 0.6) is 0 Å². The van der Waals surface area contributed by atoms with Gasteiger partial charge in [-0.05, 0) is 11.5 Å². The lowest BCUT2D eigenvalue weighted by atomic mass is 10.6. The highest BCUT2D eigenvalue weighted by atomic mass is 32.1. The van der Waals surface area contributed by atoms with Crippen LogP contribution < -0.4 is 5.69 Å². The van der Waals surface area contributed by atoms with E-state index < -0.39 is 0 Å². The van der Waals surface area contributed by atoms with E-state index in [2.05, 4.69) is 24.9 Å². The van der Waals surface area contributed by atoms with Crippen molar-refractivity contribution in [3.05, 3.63) is 27.9 Å². The largest absolute Gasteiger partial charge is 0.363 e. The SMILES string of the molecule is O=c1[nH]ncn1/N=C/c1csnn1. The van der Waals surface area contributed by atoms with E-state index in [1.807, 2.05) is 0 Å². The van der Waals surface area contributed by atoms with Crippen molar-refractivity contribution in [3.63, 3.8) is 0 Å². The van der Waals surface area contributed by atoms with Crippen molar-refractivity contribution in [1.29, 1.82) is 0 Å². The van der Waals surface area contributed by atoms with Crippen LogP contribution in [0.25, 0.3) is 0 Å². The third kappa shape index (κ3) is 1.67. The number of aromatic nitrogens is 5. The molecule has 0 fully saturated rings. The van der Waals surface area contributed by atoms with Gasteiger partial charge in [0.2, 0.25) is 0 Å². The van der Waals surface area contributed by atoms with E-state index in [4.69, 9.17) is 0 Å². The minimum atomic E-state index is -0.389. The molecule has 0 saturated heterocycles. The zero-order valence-corrected chi connectivity index (χ0v) is 7.10. The topological polar surface area (TPSA) is 88.8 Å². The van der Waals surface area contributed by atoms with Gasteiger partial charge in [-0.15, -0.1) is 5.10 Å². The molecule has 0 radical (unpaired) electrons. The zero-order chi connectivity index (χ0) is 9.10. The fraction of sp³-hybridized carbons (Fsp3) is 0. The van der Waals surface area contributed by atoms with Gasteiger partial charge in [0.1, 0.15) is 12.0 Å². The van der Waals surface area contributed by atoms with E-state index in [0.717, 1.165) is 4.68 Å². The summed E-state index contributed by atoms with van der Waals surface area (Å²) in [5.41, 5.74) is 0.220. The summed E-state index contributed by atoms with van der Waals surface area (Å²) >= 11 is 1.22. The molecule has 66 valence electrons. The molecule has 0 aliphatic rings. The van der Waals surface area contributed by atoms with Gasteiger partial charge in [0, 0.05) is 5.38 Å². The van der Waals surface area contributed by atoms with Crippen molar-refractivity contribution in [1.82, 2.24) is 24.5 Å². The molecule has 0 unspecified atom stereocenters. The van der Waals surface area contributed by atoms with Gasteiger partial charge in [0.15, 0.2) is 0 Å². The van der Waals surface area contributed by atoms with Crippen LogP contribution in [-0.4, -0.2) is 30.7 Å². The molecule has 13 heavy (non-hydrogen) atoms. The second-order valence-corrected chi connectivity index (χ2v) is 2.69. The van der Waals surface area contributed by atoms with Crippen LogP contribution in [0, 0.1) is 0 Å². The Bertz CT molecular complexity index is 453. The van der Waals surface area contributed by atoms with Gasteiger partial charge in [-0.2, -0.15) is 14.9 Å². The fourth-order valence-corrected chi connectivity index (χ4v) is 1.08. The lowest BCUT2D eigenvalue weighted by Crippen LogP contribution is -2.11. The zero-order valence-electron chi connectivity index (χ0n) is 6.28. The normalized spacial score (nSPS) is 11.1. The van der Waals surface area contributed by atoms with Crippen LogP contribution in [0.2, 0.25) is 0 Å². The van der Waals surface area contributed by atoms with Gasteiger partial charge < -0.3 is 0 Å². The van der Waals surface area contributed by atoms with Gasteiger partial charge in [-0.3, -0.25) is 0 Å². The van der Waals surface area contributed by atoms with E-state index in [1.54, 1.807) is 5.38 Å². The fourth-order valence-electron chi connectivity index (χ4n) is 0.674. The number of aromatic amines is 1. The van der Waals surface area contributed by atoms with Gasteiger partial charge in [0.05, 0.1) is 6.21 Å². The number of nitrogens with zero attached hydrogens (tertiary/aromatic N) is 5. The summed E-state index contributed by atoms with van der Waals surface area (Å²) in [6.45, 7) is 0. The van der Waals surface area contributed by atoms with Crippen molar-refractivity contribution in [2.24, 2.45) is 5.10 Å². The first-order valence-electron chi connectivity index (χ1n) is 3.30. The predicted molar refractivity (Wildman–Crippen MR) is 45.7 cm³/mol. The van der Waals surface area contributed by atoms with Crippen molar-refractivity contribution >= 4 is 17.7 Å². The minimum Gasteiger partial charge on any atom is -0.244 e. The molecule has 0 spiro atoms. The summed E-state index contributed by atoms with van der Waals surface area (Å²) in [6, 6.07) is 0. The van der Waals surface area contributed by atoms with Crippen LogP contribution >= 0.6 is 11.5 Å². The average molecular weight is 196 g/mol. The van der Waals surface area contributed by atoms with Crippen molar-refractivity contribution < 1.29 is 0 Å². The van der Waals surface area contributed by atoms with Crippen LogP contribution in [0.15, 0.2) is 21.6 Å². The Hall–Kier alpha value is -1.83. The summed E-state index contributed by atoms with van der Waals surface area (Å²) in [6.07, 6.45) is 2.71. The molecule has 2 aromatic rings. The van der Waals surface area contributed by atoms with Crippen LogP contribution in [-0.2, 0) is 0 Å². The number of H-pyrrole nitrogens is 1. The molecule has 2 heterocycles. The monoisotopic (exact) mass is 196 g/mol. The Labute approximate surface area is 75.9 Å². The Kier molecular flexibility index (Phi) is 1.96. The maximum absolute atomic E-state index is 10.9. The standard InChI is InChI=1S/C5H4N6OS/c12-5-9-6-3-11(5)7-1-4-2-13-10-8-4/h1-3H,(H,9,12)/b7-1+. The molecule has 0 atom stereocenters. The molecule has 0 amide bonds. The van der Waals surface area contributed by atoms with Gasteiger partial charge in [-0.25, -0.2) is 9.89 Å². The molecule has 0 aliphatic carbocycles. The number of rotatable bonds is 2. The third-order valence-electron chi connectivity index (χ3n) is 1.23. The van der Waals surface area contributed by atoms with E-state index in [9.17, 15) is 4.79 Å². The van der Waals surface area contributed by atoms with Crippen LogP contribution in [0.4, 0.5) is 0 Å². The van der Waals surface area contributed by atoms with E-state index in [0.29, 0.717) is 5.69 Å². The van der Waals surface area contributed by atoms with Crippen LogP contribution in [0.1, 0.15) is 5.69 Å². The Morgan fingerprint density at radius 1 is 1.69 bits per heavy atom. The maximum atomic E-state index is 10.9. The molecule has 0 bridgehead atoms. The van der Waals surface area contributed by atoms with E-state index >= 15 is 0 Å². The maximum Gasteiger partial charge on any atom is 0.363 e. The lowest BCUT2D eigenvalue weighted by Gasteiger charge is -1.83. The molecule has 0 saturated carbocycles. The smallest absolute Gasteiger partial charge is 0.244 e. The first-order valence-corrected chi connectivity index (χ1v) is 4.13. The summed E-state index contributed by atoms with van der Waals surface area (Å²) in [5.74, 6) is 0. The van der Waals surface area contributed by atoms with Crippen molar-refractivity contribution in [2.45, 2.75) is 0 Å². The first kappa shape index (κ1) is 7.80. The minimum absolute atomic E-state index is 0.389. The number of nitrogens with one attached hydrogen (secondary N) is 1. The second-order valence-electron chi connectivity index (χ2n) is 2.08. The molecule has 8 heteroatoms. The van der Waals surface area contributed by atoms with E-state index in [-0.39, 0.29) is 5.69 Å². The highest BCUT2D eigenvalue weighted by molar-refractivity contribution is 7.03. The quantitative estimate of drug-likeness (QED) is 0.643. The first-order chi connectivity index (χ1) is 6.36. The second kappa shape index (κ2) is 3.27. The molecule has 7 nitrogen and oxygen atoms in total. The molecular weight excluding hydrogens is 192 g/mol. The molecule has 2 rings (SSSR count). The van der Waals surface area contributed by atoms with Gasteiger partial charge in [0.25, 0.3) is 0 Å². The van der Waals surface area contributed by atoms with Gasteiger partial charge >= 0.3 is 5.69 Å². The molecule has 1 N–H and O–H groups in total. The third-order valence-corrected chi connectivity index (χ3v) is 1.75. The Balaban J connectivity index is 2.24.